The molecule has 1 aromatic carbocycles. The Balaban J connectivity index is 0.00000324. The monoisotopic (exact) mass is 443 g/mol. The lowest BCUT2D eigenvalue weighted by Gasteiger charge is -2.20. The van der Waals surface area contributed by atoms with E-state index in [-0.39, 0.29) is 35.3 Å². The lowest BCUT2D eigenvalue weighted by molar-refractivity contribution is 0.508. The van der Waals surface area contributed by atoms with Gasteiger partial charge in [-0.3, -0.25) is 4.99 Å². The summed E-state index contributed by atoms with van der Waals surface area (Å²) in [5.41, 5.74) is 6.25. The highest BCUT2D eigenvalue weighted by Gasteiger charge is 2.09. The van der Waals surface area contributed by atoms with E-state index in [2.05, 4.69) is 26.2 Å². The maximum Gasteiger partial charge on any atom is 0.188 e. The summed E-state index contributed by atoms with van der Waals surface area (Å²) in [6, 6.07) is 4.88. The molecule has 19 heavy (non-hydrogen) atoms. The van der Waals surface area contributed by atoms with Crippen LogP contribution in [0.15, 0.2) is 27.7 Å². The van der Waals surface area contributed by atoms with Crippen molar-refractivity contribution in [1.82, 2.24) is 5.32 Å². The molecule has 3 nitrogen and oxygen atoms in total. The van der Waals surface area contributed by atoms with Gasteiger partial charge in [-0.05, 0) is 51.0 Å². The predicted octanol–water partition coefficient (Wildman–Crippen LogP) is 3.45. The van der Waals surface area contributed by atoms with E-state index >= 15 is 0 Å². The number of aliphatic imine (C=N–C) groups is 1. The van der Waals surface area contributed by atoms with Crippen LogP contribution in [0.3, 0.4) is 0 Å². The summed E-state index contributed by atoms with van der Waals surface area (Å²) >= 11 is 3.32. The Labute approximate surface area is 139 Å². The summed E-state index contributed by atoms with van der Waals surface area (Å²) in [6.07, 6.45) is 0.526. The number of hydrogen-bond acceptors (Lipinski definition) is 1. The van der Waals surface area contributed by atoms with Crippen LogP contribution in [0.2, 0.25) is 0 Å². The summed E-state index contributed by atoms with van der Waals surface area (Å²) < 4.78 is 14.3. The minimum absolute atomic E-state index is 0. The van der Waals surface area contributed by atoms with Gasteiger partial charge in [-0.25, -0.2) is 4.39 Å². The smallest absolute Gasteiger partial charge is 0.188 e. The first-order chi connectivity index (χ1) is 8.28. The molecule has 0 aliphatic heterocycles. The molecule has 1 aromatic rings. The van der Waals surface area contributed by atoms with Gasteiger partial charge in [0, 0.05) is 16.6 Å². The van der Waals surface area contributed by atoms with Gasteiger partial charge in [0.15, 0.2) is 5.96 Å². The molecule has 0 bridgehead atoms. The first-order valence-corrected chi connectivity index (χ1v) is 6.59. The minimum Gasteiger partial charge on any atom is -0.370 e. The van der Waals surface area contributed by atoms with Crippen LogP contribution in [0.25, 0.3) is 0 Å². The van der Waals surface area contributed by atoms with Gasteiger partial charge in [0.1, 0.15) is 5.82 Å². The Morgan fingerprint density at radius 2 is 2.05 bits per heavy atom. The van der Waals surface area contributed by atoms with E-state index in [4.69, 9.17) is 5.73 Å². The van der Waals surface area contributed by atoms with E-state index in [0.29, 0.717) is 24.5 Å². The number of nitrogens with two attached hydrogens (primary N) is 1. The van der Waals surface area contributed by atoms with Gasteiger partial charge >= 0.3 is 0 Å². The van der Waals surface area contributed by atoms with E-state index in [0.717, 1.165) is 4.47 Å². The molecule has 0 aliphatic rings. The van der Waals surface area contributed by atoms with Crippen molar-refractivity contribution in [3.63, 3.8) is 0 Å². The van der Waals surface area contributed by atoms with Crippen LogP contribution in [0.4, 0.5) is 4.39 Å². The minimum atomic E-state index is -0.212. The highest BCUT2D eigenvalue weighted by Crippen LogP contribution is 2.15. The Morgan fingerprint density at radius 1 is 1.42 bits per heavy atom. The highest BCUT2D eigenvalue weighted by atomic mass is 127. The number of guanidine groups is 1. The van der Waals surface area contributed by atoms with Crippen LogP contribution in [0, 0.1) is 5.82 Å². The Kier molecular flexibility index (Phi) is 7.88. The lowest BCUT2D eigenvalue weighted by Crippen LogP contribution is -2.45. The predicted molar refractivity (Wildman–Crippen MR) is 92.6 cm³/mol. The van der Waals surface area contributed by atoms with Gasteiger partial charge in [0.2, 0.25) is 0 Å². The average molecular weight is 444 g/mol. The SMILES string of the molecule is CC(C)(C)NC(N)=NCCc1cc(Br)ccc1F.I. The van der Waals surface area contributed by atoms with Crippen LogP contribution in [-0.2, 0) is 6.42 Å². The van der Waals surface area contributed by atoms with Gasteiger partial charge < -0.3 is 11.1 Å². The molecule has 6 heteroatoms. The normalized spacial score (nSPS) is 11.9. The van der Waals surface area contributed by atoms with Crippen LogP contribution >= 0.6 is 39.9 Å². The molecular weight excluding hydrogens is 424 g/mol. The molecule has 0 fully saturated rings. The van der Waals surface area contributed by atoms with Gasteiger partial charge in [0.25, 0.3) is 0 Å². The van der Waals surface area contributed by atoms with Crippen LogP contribution in [-0.4, -0.2) is 18.0 Å². The van der Waals surface area contributed by atoms with Crippen molar-refractivity contribution in [2.75, 3.05) is 6.54 Å². The summed E-state index contributed by atoms with van der Waals surface area (Å²) in [5.74, 6) is 0.175. The lowest BCUT2D eigenvalue weighted by atomic mass is 10.1. The summed E-state index contributed by atoms with van der Waals surface area (Å²) in [4.78, 5) is 4.18. The fourth-order valence-electron chi connectivity index (χ4n) is 1.46. The molecule has 0 atom stereocenters. The van der Waals surface area contributed by atoms with Crippen LogP contribution in [0.5, 0.6) is 0 Å². The van der Waals surface area contributed by atoms with Crippen molar-refractivity contribution in [3.8, 4) is 0 Å². The number of nitrogens with one attached hydrogen (secondary N) is 1. The third-order valence-electron chi connectivity index (χ3n) is 2.17. The Bertz CT molecular complexity index is 444. The molecule has 108 valence electrons. The van der Waals surface area contributed by atoms with Crippen molar-refractivity contribution in [2.45, 2.75) is 32.7 Å². The number of nitrogens with zero attached hydrogens (tertiary/aromatic N) is 1. The fourth-order valence-corrected chi connectivity index (χ4v) is 1.86. The Hall–Kier alpha value is -0.370. The van der Waals surface area contributed by atoms with E-state index in [1.807, 2.05) is 20.8 Å². The summed E-state index contributed by atoms with van der Waals surface area (Å²) in [6.45, 7) is 6.47. The summed E-state index contributed by atoms with van der Waals surface area (Å²) in [5, 5.41) is 3.06. The standard InChI is InChI=1S/C13H19BrFN3.HI/c1-13(2,3)18-12(16)17-7-6-9-8-10(14)4-5-11(9)15;/h4-5,8H,6-7H2,1-3H3,(H3,16,17,18);1H. The average Bonchev–Trinajstić information content (AvgIpc) is 2.20. The van der Waals surface area contributed by atoms with Crippen molar-refractivity contribution in [3.05, 3.63) is 34.1 Å². The number of hydrogen-bond donors (Lipinski definition) is 2. The van der Waals surface area contributed by atoms with E-state index in [1.165, 1.54) is 6.07 Å². The molecule has 0 unspecified atom stereocenters. The van der Waals surface area contributed by atoms with Crippen molar-refractivity contribution < 1.29 is 4.39 Å². The number of rotatable bonds is 3. The van der Waals surface area contributed by atoms with Gasteiger partial charge in [-0.1, -0.05) is 15.9 Å². The van der Waals surface area contributed by atoms with Gasteiger partial charge in [-0.2, -0.15) is 0 Å². The second kappa shape index (κ2) is 8.04. The van der Waals surface area contributed by atoms with E-state index < -0.39 is 0 Å². The quantitative estimate of drug-likeness (QED) is 0.427. The zero-order chi connectivity index (χ0) is 13.8. The molecule has 0 aliphatic carbocycles. The number of halogens is 3. The molecule has 0 heterocycles. The second-order valence-corrected chi connectivity index (χ2v) is 6.04. The molecule has 3 N–H and O–H groups in total. The van der Waals surface area contributed by atoms with Crippen LogP contribution < -0.4 is 11.1 Å². The highest BCUT2D eigenvalue weighted by molar-refractivity contribution is 14.0. The first-order valence-electron chi connectivity index (χ1n) is 5.80. The van der Waals surface area contributed by atoms with Crippen LogP contribution in [0.1, 0.15) is 26.3 Å². The van der Waals surface area contributed by atoms with E-state index in [1.54, 1.807) is 12.1 Å². The second-order valence-electron chi connectivity index (χ2n) is 5.13. The molecule has 1 rings (SSSR count). The molecule has 0 amide bonds. The fraction of sp³-hybridized carbons (Fsp3) is 0.462. The van der Waals surface area contributed by atoms with Crippen molar-refractivity contribution in [2.24, 2.45) is 10.7 Å². The molecular formula is C13H20BrFIN3. The van der Waals surface area contributed by atoms with Gasteiger partial charge in [-0.15, -0.1) is 24.0 Å². The largest absolute Gasteiger partial charge is 0.370 e. The Morgan fingerprint density at radius 3 is 2.63 bits per heavy atom. The zero-order valence-electron chi connectivity index (χ0n) is 11.3. The summed E-state index contributed by atoms with van der Waals surface area (Å²) in [7, 11) is 0. The maximum absolute atomic E-state index is 13.4. The van der Waals surface area contributed by atoms with Gasteiger partial charge in [0.05, 0.1) is 0 Å². The maximum atomic E-state index is 13.4. The van der Waals surface area contributed by atoms with E-state index in [9.17, 15) is 4.39 Å². The topological polar surface area (TPSA) is 50.4 Å². The molecule has 0 spiro atoms. The third-order valence-corrected chi connectivity index (χ3v) is 2.67. The van der Waals surface area contributed by atoms with Crippen molar-refractivity contribution in [1.29, 1.82) is 0 Å². The third kappa shape index (κ3) is 7.71. The molecule has 0 saturated carbocycles. The molecule has 0 saturated heterocycles. The molecule has 0 radical (unpaired) electrons. The first kappa shape index (κ1) is 18.6. The zero-order valence-corrected chi connectivity index (χ0v) is 15.3. The molecule has 0 aromatic heterocycles. The number of benzene rings is 1. The van der Waals surface area contributed by atoms with Crippen molar-refractivity contribution >= 4 is 45.9 Å².